The Kier molecular flexibility index (Phi) is 6.28. The minimum absolute atomic E-state index is 0.00583. The second-order valence-electron chi connectivity index (χ2n) is 6.97. The molecule has 6 nitrogen and oxygen atoms in total. The zero-order chi connectivity index (χ0) is 18.4. The number of urea groups is 1. The van der Waals surface area contributed by atoms with E-state index >= 15 is 0 Å². The smallest absolute Gasteiger partial charge is 0.321 e. The van der Waals surface area contributed by atoms with E-state index in [9.17, 15) is 4.79 Å². The van der Waals surface area contributed by atoms with Gasteiger partial charge in [0.2, 0.25) is 0 Å². The highest BCUT2D eigenvalue weighted by atomic mass is 16.2. The average molecular weight is 355 g/mol. The van der Waals surface area contributed by atoms with E-state index in [2.05, 4.69) is 34.0 Å². The van der Waals surface area contributed by atoms with E-state index in [1.807, 2.05) is 47.6 Å². The molecule has 2 N–H and O–H groups in total. The van der Waals surface area contributed by atoms with Gasteiger partial charge in [-0.05, 0) is 31.9 Å². The molecular weight excluding hydrogens is 326 g/mol. The molecule has 1 saturated heterocycles. The third-order valence-electron chi connectivity index (χ3n) is 4.92. The first-order chi connectivity index (χ1) is 12.7. The molecule has 0 bridgehead atoms. The molecule has 0 spiro atoms. The van der Waals surface area contributed by atoms with E-state index in [0.29, 0.717) is 12.1 Å². The Morgan fingerprint density at radius 3 is 2.69 bits per heavy atom. The Balaban J connectivity index is 1.42. The number of hydrogen-bond donors (Lipinski definition) is 2. The molecule has 2 amide bonds. The lowest BCUT2D eigenvalue weighted by atomic mass is 10.0. The molecule has 1 aromatic carbocycles. The quantitative estimate of drug-likeness (QED) is 0.837. The molecule has 1 aromatic heterocycles. The summed E-state index contributed by atoms with van der Waals surface area (Å²) in [7, 11) is 0. The number of nitrogens with one attached hydrogen (secondary N) is 2. The van der Waals surface area contributed by atoms with Crippen LogP contribution in [0, 0.1) is 0 Å². The van der Waals surface area contributed by atoms with Crippen molar-refractivity contribution < 1.29 is 4.79 Å². The molecule has 3 rings (SSSR count). The van der Waals surface area contributed by atoms with Crippen LogP contribution < -0.4 is 10.6 Å². The first-order valence-electron chi connectivity index (χ1n) is 9.52. The summed E-state index contributed by atoms with van der Waals surface area (Å²) in [5.41, 5.74) is 0.846. The van der Waals surface area contributed by atoms with Crippen molar-refractivity contribution in [2.75, 3.05) is 18.4 Å². The first kappa shape index (κ1) is 18.5. The SMILES string of the molecule is CCc1nccn1C[C@H](C)NC1CCN(C(=O)Nc2ccccc2)CC1. The van der Waals surface area contributed by atoms with Gasteiger partial charge in [-0.2, -0.15) is 0 Å². The standard InChI is InChI=1S/C20H29N5O/c1-3-19-21-11-14-25(19)15-16(2)22-18-9-12-24(13-10-18)20(26)23-17-7-5-4-6-8-17/h4-8,11,14,16,18,22H,3,9-10,12-13,15H2,1-2H3,(H,23,26)/t16-/m0/s1. The summed E-state index contributed by atoms with van der Waals surface area (Å²) >= 11 is 0. The predicted molar refractivity (Wildman–Crippen MR) is 104 cm³/mol. The number of anilines is 1. The minimum Gasteiger partial charge on any atom is -0.333 e. The molecule has 6 heteroatoms. The van der Waals surface area contributed by atoms with Gasteiger partial charge in [0.1, 0.15) is 5.82 Å². The van der Waals surface area contributed by atoms with Gasteiger partial charge in [-0.25, -0.2) is 9.78 Å². The third-order valence-corrected chi connectivity index (χ3v) is 4.92. The Morgan fingerprint density at radius 2 is 2.00 bits per heavy atom. The lowest BCUT2D eigenvalue weighted by Crippen LogP contribution is -2.49. The molecule has 140 valence electrons. The molecule has 0 radical (unpaired) electrons. The van der Waals surface area contributed by atoms with Crippen LogP contribution in [0.3, 0.4) is 0 Å². The van der Waals surface area contributed by atoms with Crippen LogP contribution in [0.2, 0.25) is 0 Å². The number of imidazole rings is 1. The summed E-state index contributed by atoms with van der Waals surface area (Å²) in [6, 6.07) is 10.5. The molecule has 1 aliphatic rings. The number of amides is 2. The van der Waals surface area contributed by atoms with Crippen molar-refractivity contribution in [1.29, 1.82) is 0 Å². The van der Waals surface area contributed by atoms with Gasteiger partial charge in [-0.1, -0.05) is 25.1 Å². The third kappa shape index (κ3) is 4.85. The van der Waals surface area contributed by atoms with Gasteiger partial charge in [0.05, 0.1) is 0 Å². The predicted octanol–water partition coefficient (Wildman–Crippen LogP) is 3.12. The van der Waals surface area contributed by atoms with Crippen LogP contribution >= 0.6 is 0 Å². The lowest BCUT2D eigenvalue weighted by Gasteiger charge is -2.34. The normalized spacial score (nSPS) is 16.5. The van der Waals surface area contributed by atoms with Gasteiger partial charge in [0.25, 0.3) is 0 Å². The zero-order valence-corrected chi connectivity index (χ0v) is 15.7. The number of hydrogen-bond acceptors (Lipinski definition) is 3. The number of aromatic nitrogens is 2. The molecule has 1 atom stereocenters. The molecule has 0 aliphatic carbocycles. The van der Waals surface area contributed by atoms with Crippen molar-refractivity contribution in [3.05, 3.63) is 48.5 Å². The van der Waals surface area contributed by atoms with Gasteiger partial charge < -0.3 is 20.1 Å². The Labute approximate surface area is 155 Å². The number of carbonyl (C=O) groups is 1. The summed E-state index contributed by atoms with van der Waals surface area (Å²) < 4.78 is 2.22. The number of para-hydroxylation sites is 1. The maximum absolute atomic E-state index is 12.4. The topological polar surface area (TPSA) is 62.2 Å². The second-order valence-corrected chi connectivity index (χ2v) is 6.97. The number of nitrogens with zero attached hydrogens (tertiary/aromatic N) is 3. The highest BCUT2D eigenvalue weighted by Gasteiger charge is 2.23. The molecular formula is C20H29N5O. The van der Waals surface area contributed by atoms with E-state index in [4.69, 9.17) is 0 Å². The van der Waals surface area contributed by atoms with Crippen LogP contribution in [0.4, 0.5) is 10.5 Å². The summed E-state index contributed by atoms with van der Waals surface area (Å²) in [6.45, 7) is 6.85. The Bertz CT molecular complexity index is 691. The molecule has 2 aromatic rings. The van der Waals surface area contributed by atoms with Crippen LogP contribution in [0.25, 0.3) is 0 Å². The zero-order valence-electron chi connectivity index (χ0n) is 15.7. The Hall–Kier alpha value is -2.34. The highest BCUT2D eigenvalue weighted by Crippen LogP contribution is 2.14. The van der Waals surface area contributed by atoms with E-state index in [0.717, 1.165) is 50.4 Å². The van der Waals surface area contributed by atoms with Gasteiger partial charge in [-0.3, -0.25) is 0 Å². The monoisotopic (exact) mass is 355 g/mol. The van der Waals surface area contributed by atoms with Crippen LogP contribution in [0.15, 0.2) is 42.7 Å². The Morgan fingerprint density at radius 1 is 1.27 bits per heavy atom. The lowest BCUT2D eigenvalue weighted by molar-refractivity contribution is 0.185. The van der Waals surface area contributed by atoms with Crippen LogP contribution in [0.5, 0.6) is 0 Å². The van der Waals surface area contributed by atoms with Gasteiger partial charge in [0.15, 0.2) is 0 Å². The van der Waals surface area contributed by atoms with E-state index in [-0.39, 0.29) is 6.03 Å². The number of aryl methyl sites for hydroxylation is 1. The van der Waals surface area contributed by atoms with E-state index in [1.54, 1.807) is 0 Å². The second kappa shape index (κ2) is 8.85. The summed E-state index contributed by atoms with van der Waals surface area (Å²) in [5.74, 6) is 1.13. The summed E-state index contributed by atoms with van der Waals surface area (Å²) in [6.07, 6.45) is 6.84. The number of likely N-dealkylation sites (tertiary alicyclic amines) is 1. The van der Waals surface area contributed by atoms with Crippen molar-refractivity contribution in [1.82, 2.24) is 19.8 Å². The fourth-order valence-corrected chi connectivity index (χ4v) is 3.54. The summed E-state index contributed by atoms with van der Waals surface area (Å²) in [5, 5.41) is 6.68. The maximum Gasteiger partial charge on any atom is 0.321 e. The molecule has 1 fully saturated rings. The van der Waals surface area contributed by atoms with Gasteiger partial charge >= 0.3 is 6.03 Å². The fourth-order valence-electron chi connectivity index (χ4n) is 3.54. The maximum atomic E-state index is 12.4. The van der Waals surface area contributed by atoms with Gasteiger partial charge in [0, 0.05) is 56.2 Å². The minimum atomic E-state index is -0.00583. The van der Waals surface area contributed by atoms with Crippen molar-refractivity contribution >= 4 is 11.7 Å². The fraction of sp³-hybridized carbons (Fsp3) is 0.500. The van der Waals surface area contributed by atoms with E-state index < -0.39 is 0 Å². The number of benzene rings is 1. The van der Waals surface area contributed by atoms with Crippen LogP contribution in [-0.4, -0.2) is 45.7 Å². The van der Waals surface area contributed by atoms with Crippen LogP contribution in [-0.2, 0) is 13.0 Å². The number of piperidine rings is 1. The first-order valence-corrected chi connectivity index (χ1v) is 9.52. The number of carbonyl (C=O) groups excluding carboxylic acids is 1. The van der Waals surface area contributed by atoms with E-state index in [1.165, 1.54) is 0 Å². The largest absolute Gasteiger partial charge is 0.333 e. The molecule has 26 heavy (non-hydrogen) atoms. The van der Waals surface area contributed by atoms with Crippen LogP contribution in [0.1, 0.15) is 32.5 Å². The molecule has 2 heterocycles. The average Bonchev–Trinajstić information content (AvgIpc) is 3.10. The highest BCUT2D eigenvalue weighted by molar-refractivity contribution is 5.89. The summed E-state index contributed by atoms with van der Waals surface area (Å²) in [4.78, 5) is 18.6. The number of rotatable bonds is 6. The van der Waals surface area contributed by atoms with Crippen molar-refractivity contribution in [2.45, 2.75) is 51.7 Å². The van der Waals surface area contributed by atoms with Crippen molar-refractivity contribution in [2.24, 2.45) is 0 Å². The molecule has 0 unspecified atom stereocenters. The van der Waals surface area contributed by atoms with Crippen molar-refractivity contribution in [3.63, 3.8) is 0 Å². The van der Waals surface area contributed by atoms with Gasteiger partial charge in [-0.15, -0.1) is 0 Å². The molecule has 1 aliphatic heterocycles. The van der Waals surface area contributed by atoms with Crippen molar-refractivity contribution in [3.8, 4) is 0 Å². The molecule has 0 saturated carbocycles.